The van der Waals surface area contributed by atoms with Crippen LogP contribution in [0, 0.1) is 12.7 Å². The number of hydrogen-bond acceptors (Lipinski definition) is 4. The molecule has 1 fully saturated rings. The number of likely N-dealkylation sites (tertiary alicyclic amines) is 1. The van der Waals surface area contributed by atoms with E-state index in [2.05, 4.69) is 20.9 Å². The number of rotatable bonds is 5. The van der Waals surface area contributed by atoms with E-state index < -0.39 is 11.8 Å². The molecule has 1 aliphatic heterocycles. The van der Waals surface area contributed by atoms with E-state index in [1.54, 1.807) is 59.0 Å². The number of urea groups is 2. The molecule has 2 aromatic heterocycles. The number of hydrogen-bond donors (Lipinski definition) is 3. The number of aromatic nitrogens is 2. The lowest BCUT2D eigenvalue weighted by molar-refractivity contribution is 0.181. The SMILES string of the molecule is CCn1c(=O)c(-c2cc(NC(=O)Nc3ccccc3)c(F)cc2C)cc2cnc(NC(=O)N3CCC3)cc21. The minimum absolute atomic E-state index is 0.0521. The Labute approximate surface area is 218 Å². The van der Waals surface area contributed by atoms with Gasteiger partial charge < -0.3 is 20.1 Å². The van der Waals surface area contributed by atoms with Gasteiger partial charge in [-0.25, -0.2) is 19.0 Å². The summed E-state index contributed by atoms with van der Waals surface area (Å²) in [6, 6.07) is 14.1. The number of pyridine rings is 2. The molecule has 0 spiro atoms. The van der Waals surface area contributed by atoms with Crippen LogP contribution in [-0.4, -0.2) is 39.6 Å². The number of benzene rings is 2. The van der Waals surface area contributed by atoms with Gasteiger partial charge in [0.2, 0.25) is 0 Å². The highest BCUT2D eigenvalue weighted by molar-refractivity contribution is 6.00. The molecular formula is C28H27FN6O3. The molecule has 0 unspecified atom stereocenters. The van der Waals surface area contributed by atoms with Crippen molar-refractivity contribution in [3.63, 3.8) is 0 Å². The monoisotopic (exact) mass is 514 g/mol. The molecule has 1 aliphatic rings. The molecule has 38 heavy (non-hydrogen) atoms. The average molecular weight is 515 g/mol. The number of carbonyl (C=O) groups excluding carboxylic acids is 2. The van der Waals surface area contributed by atoms with Gasteiger partial charge in [-0.15, -0.1) is 0 Å². The third-order valence-electron chi connectivity index (χ3n) is 6.56. The lowest BCUT2D eigenvalue weighted by Crippen LogP contribution is -2.44. The van der Waals surface area contributed by atoms with Gasteiger partial charge in [0.05, 0.1) is 11.2 Å². The molecule has 9 nitrogen and oxygen atoms in total. The molecule has 1 saturated heterocycles. The number of anilines is 3. The molecular weight excluding hydrogens is 487 g/mol. The number of amides is 4. The summed E-state index contributed by atoms with van der Waals surface area (Å²) in [5.41, 5.74) is 2.24. The molecule has 4 amide bonds. The van der Waals surface area contributed by atoms with E-state index in [1.807, 2.05) is 13.0 Å². The van der Waals surface area contributed by atoms with E-state index in [0.29, 0.717) is 58.7 Å². The Morgan fingerprint density at radius 3 is 2.45 bits per heavy atom. The zero-order valence-corrected chi connectivity index (χ0v) is 21.0. The summed E-state index contributed by atoms with van der Waals surface area (Å²) in [5, 5.41) is 8.66. The van der Waals surface area contributed by atoms with Crippen molar-refractivity contribution in [1.29, 1.82) is 0 Å². The first-order chi connectivity index (χ1) is 18.3. The van der Waals surface area contributed by atoms with Gasteiger partial charge >= 0.3 is 12.1 Å². The summed E-state index contributed by atoms with van der Waals surface area (Å²) < 4.78 is 16.4. The normalized spacial score (nSPS) is 12.7. The highest BCUT2D eigenvalue weighted by Crippen LogP contribution is 2.29. The number of aryl methyl sites for hydroxylation is 2. The van der Waals surface area contributed by atoms with Crippen LogP contribution in [0.15, 0.2) is 65.6 Å². The van der Waals surface area contributed by atoms with Crippen LogP contribution in [0.1, 0.15) is 18.9 Å². The highest BCUT2D eigenvalue weighted by Gasteiger charge is 2.21. The number of carbonyl (C=O) groups is 2. The minimum atomic E-state index is -0.615. The van der Waals surface area contributed by atoms with E-state index in [-0.39, 0.29) is 17.3 Å². The van der Waals surface area contributed by atoms with Gasteiger partial charge in [-0.1, -0.05) is 18.2 Å². The fourth-order valence-corrected chi connectivity index (χ4v) is 4.42. The second kappa shape index (κ2) is 10.3. The lowest BCUT2D eigenvalue weighted by atomic mass is 9.99. The van der Waals surface area contributed by atoms with Crippen molar-refractivity contribution >= 4 is 40.2 Å². The van der Waals surface area contributed by atoms with E-state index >= 15 is 0 Å². The summed E-state index contributed by atoms with van der Waals surface area (Å²) in [7, 11) is 0. The first-order valence-electron chi connectivity index (χ1n) is 12.4. The van der Waals surface area contributed by atoms with E-state index in [1.165, 1.54) is 12.1 Å². The fourth-order valence-electron chi connectivity index (χ4n) is 4.42. The lowest BCUT2D eigenvalue weighted by Gasteiger charge is -2.30. The summed E-state index contributed by atoms with van der Waals surface area (Å²) >= 11 is 0. The van der Waals surface area contributed by atoms with Crippen LogP contribution in [0.25, 0.3) is 22.0 Å². The van der Waals surface area contributed by atoms with Crippen molar-refractivity contribution in [2.45, 2.75) is 26.8 Å². The second-order valence-corrected chi connectivity index (χ2v) is 9.10. The molecule has 3 heterocycles. The zero-order chi connectivity index (χ0) is 26.8. The van der Waals surface area contributed by atoms with Gasteiger partial charge in [-0.2, -0.15) is 0 Å². The molecule has 0 atom stereocenters. The largest absolute Gasteiger partial charge is 0.324 e. The highest BCUT2D eigenvalue weighted by atomic mass is 19.1. The van der Waals surface area contributed by atoms with Gasteiger partial charge in [-0.05, 0) is 61.7 Å². The molecule has 0 saturated carbocycles. The number of fused-ring (bicyclic) bond motifs is 1. The van der Waals surface area contributed by atoms with E-state index in [0.717, 1.165) is 6.42 Å². The third kappa shape index (κ3) is 4.93. The van der Waals surface area contributed by atoms with Crippen LogP contribution in [-0.2, 0) is 6.54 Å². The zero-order valence-electron chi connectivity index (χ0n) is 21.0. The Hall–Kier alpha value is -4.73. The molecule has 5 rings (SSSR count). The Morgan fingerprint density at radius 2 is 1.76 bits per heavy atom. The van der Waals surface area contributed by atoms with Crippen LogP contribution in [0.5, 0.6) is 0 Å². The third-order valence-corrected chi connectivity index (χ3v) is 6.56. The first-order valence-corrected chi connectivity index (χ1v) is 12.4. The first kappa shape index (κ1) is 24.9. The number of para-hydroxylation sites is 1. The number of halogens is 1. The summed E-state index contributed by atoms with van der Waals surface area (Å²) in [6.45, 7) is 5.35. The quantitative estimate of drug-likeness (QED) is 0.331. The summed E-state index contributed by atoms with van der Waals surface area (Å²) in [4.78, 5) is 44.4. The van der Waals surface area contributed by atoms with E-state index in [4.69, 9.17) is 0 Å². The maximum atomic E-state index is 14.8. The summed E-state index contributed by atoms with van der Waals surface area (Å²) in [6.07, 6.45) is 2.58. The van der Waals surface area contributed by atoms with Gasteiger partial charge in [0.25, 0.3) is 5.56 Å². The molecule has 10 heteroatoms. The van der Waals surface area contributed by atoms with Gasteiger partial charge in [-0.3, -0.25) is 10.1 Å². The minimum Gasteiger partial charge on any atom is -0.324 e. The Bertz CT molecular complexity index is 1600. The molecule has 2 aromatic carbocycles. The Balaban J connectivity index is 1.49. The molecule has 0 aliphatic carbocycles. The van der Waals surface area contributed by atoms with Gasteiger partial charge in [0, 0.05) is 48.5 Å². The maximum absolute atomic E-state index is 14.8. The topological polar surface area (TPSA) is 108 Å². The second-order valence-electron chi connectivity index (χ2n) is 9.10. The van der Waals surface area contributed by atoms with Crippen LogP contribution in [0.3, 0.4) is 0 Å². The van der Waals surface area contributed by atoms with Crippen molar-refractivity contribution in [3.05, 3.63) is 82.5 Å². The molecule has 194 valence electrons. The van der Waals surface area contributed by atoms with Crippen molar-refractivity contribution in [2.75, 3.05) is 29.0 Å². The van der Waals surface area contributed by atoms with Crippen LogP contribution in [0.2, 0.25) is 0 Å². The van der Waals surface area contributed by atoms with Crippen molar-refractivity contribution in [3.8, 4) is 11.1 Å². The summed E-state index contributed by atoms with van der Waals surface area (Å²) in [5.74, 6) is -0.257. The molecule has 4 aromatic rings. The van der Waals surface area contributed by atoms with Crippen LogP contribution in [0.4, 0.5) is 31.2 Å². The Morgan fingerprint density at radius 1 is 1.00 bits per heavy atom. The standard InChI is InChI=1S/C28H27FN6O3/c1-3-35-24-15-25(33-28(38)34-10-7-11-34)30-16-18(24)13-21(26(35)36)20-14-23(22(29)12-17(20)2)32-27(37)31-19-8-5-4-6-9-19/h4-6,8-9,12-16H,3,7,10-11H2,1-2H3,(H,30,33,38)(H2,31,32,37). The van der Waals surface area contributed by atoms with Crippen molar-refractivity contribution in [2.24, 2.45) is 0 Å². The Kier molecular flexibility index (Phi) is 6.78. The maximum Gasteiger partial charge on any atom is 0.323 e. The van der Waals surface area contributed by atoms with Crippen LogP contribution < -0.4 is 21.5 Å². The van der Waals surface area contributed by atoms with Gasteiger partial charge in [0.15, 0.2) is 0 Å². The smallest absolute Gasteiger partial charge is 0.323 e. The fraction of sp³-hybridized carbons (Fsp3) is 0.214. The predicted octanol–water partition coefficient (Wildman–Crippen LogP) is 5.41. The molecule has 3 N–H and O–H groups in total. The predicted molar refractivity (Wildman–Crippen MR) is 146 cm³/mol. The van der Waals surface area contributed by atoms with Crippen molar-refractivity contribution in [1.82, 2.24) is 14.5 Å². The number of nitrogens with one attached hydrogen (secondary N) is 3. The average Bonchev–Trinajstić information content (AvgIpc) is 2.85. The van der Waals surface area contributed by atoms with Crippen molar-refractivity contribution < 1.29 is 14.0 Å². The molecule has 0 bridgehead atoms. The van der Waals surface area contributed by atoms with Crippen LogP contribution >= 0.6 is 0 Å². The van der Waals surface area contributed by atoms with Gasteiger partial charge in [0.1, 0.15) is 11.6 Å². The molecule has 0 radical (unpaired) electrons. The number of nitrogens with zero attached hydrogens (tertiary/aromatic N) is 3. The van der Waals surface area contributed by atoms with E-state index in [9.17, 15) is 18.8 Å².